The summed E-state index contributed by atoms with van der Waals surface area (Å²) < 4.78 is 22.3. The molecule has 0 fully saturated rings. The highest BCUT2D eigenvalue weighted by atomic mass is 32.2. The molecule has 2 unspecified atom stereocenters. The Hall–Kier alpha value is -0.350. The third-order valence-corrected chi connectivity index (χ3v) is 3.71. The summed E-state index contributed by atoms with van der Waals surface area (Å²) in [5, 5.41) is 2.60. The van der Waals surface area contributed by atoms with E-state index in [1.165, 1.54) is 6.26 Å². The van der Waals surface area contributed by atoms with Gasteiger partial charge < -0.3 is 5.32 Å². The van der Waals surface area contributed by atoms with Crippen LogP contribution >= 0.6 is 0 Å². The smallest absolute Gasteiger partial charge is 0.151 e. The fraction of sp³-hybridized carbons (Fsp3) is 0.750. The van der Waals surface area contributed by atoms with Crippen LogP contribution in [0.4, 0.5) is 0 Å². The zero-order chi connectivity index (χ0) is 9.78. The van der Waals surface area contributed by atoms with E-state index in [9.17, 15) is 8.42 Å². The summed E-state index contributed by atoms with van der Waals surface area (Å²) in [6, 6.07) is -0.0301. The molecule has 0 rings (SSSR count). The quantitative estimate of drug-likeness (QED) is 0.647. The van der Waals surface area contributed by atoms with E-state index in [4.69, 9.17) is 0 Å². The number of hydrogen-bond acceptors (Lipinski definition) is 3. The number of hydrogen-bond donors (Lipinski definition) is 1. The molecule has 1 N–H and O–H groups in total. The molecule has 0 aromatic heterocycles. The Labute approximate surface area is 74.8 Å². The van der Waals surface area contributed by atoms with Crippen LogP contribution in [0.25, 0.3) is 0 Å². The predicted molar refractivity (Wildman–Crippen MR) is 52.0 cm³/mol. The van der Waals surface area contributed by atoms with E-state index >= 15 is 0 Å². The minimum atomic E-state index is -2.95. The van der Waals surface area contributed by atoms with Gasteiger partial charge in [-0.25, -0.2) is 8.42 Å². The lowest BCUT2D eigenvalue weighted by Gasteiger charge is -2.20. The topological polar surface area (TPSA) is 46.2 Å². The van der Waals surface area contributed by atoms with Crippen LogP contribution in [-0.2, 0) is 9.84 Å². The number of sulfone groups is 1. The molecule has 0 amide bonds. The van der Waals surface area contributed by atoms with Crippen LogP contribution in [0.3, 0.4) is 0 Å². The summed E-state index contributed by atoms with van der Waals surface area (Å²) in [6.07, 6.45) is 3.65. The minimum absolute atomic E-state index is 0.0301. The Morgan fingerprint density at radius 2 is 2.08 bits per heavy atom. The van der Waals surface area contributed by atoms with Crippen LogP contribution in [0, 0.1) is 0 Å². The fourth-order valence-electron chi connectivity index (χ4n) is 1.02. The molecule has 0 saturated heterocycles. The first-order chi connectivity index (χ1) is 5.43. The van der Waals surface area contributed by atoms with E-state index in [1.807, 2.05) is 0 Å². The van der Waals surface area contributed by atoms with Gasteiger partial charge in [0.15, 0.2) is 9.84 Å². The average Bonchev–Trinajstić information content (AvgIpc) is 1.97. The second kappa shape index (κ2) is 4.62. The van der Waals surface area contributed by atoms with Gasteiger partial charge in [-0.15, -0.1) is 6.58 Å². The van der Waals surface area contributed by atoms with Gasteiger partial charge >= 0.3 is 0 Å². The summed E-state index contributed by atoms with van der Waals surface area (Å²) in [7, 11) is -1.19. The molecule has 0 bridgehead atoms. The van der Waals surface area contributed by atoms with Crippen molar-refractivity contribution in [3.8, 4) is 0 Å². The van der Waals surface area contributed by atoms with Crippen molar-refractivity contribution >= 4 is 9.84 Å². The van der Waals surface area contributed by atoms with Crippen molar-refractivity contribution in [2.45, 2.75) is 24.6 Å². The molecule has 0 saturated carbocycles. The first-order valence-corrected chi connectivity index (χ1v) is 5.86. The second-order valence-corrected chi connectivity index (χ2v) is 5.36. The molecule has 72 valence electrons. The number of nitrogens with one attached hydrogen (secondary N) is 1. The molecule has 0 radical (unpaired) electrons. The fourth-order valence-corrected chi connectivity index (χ4v) is 1.87. The summed E-state index contributed by atoms with van der Waals surface area (Å²) in [6.45, 7) is 5.29. The molecule has 12 heavy (non-hydrogen) atoms. The van der Waals surface area contributed by atoms with E-state index in [2.05, 4.69) is 11.9 Å². The summed E-state index contributed by atoms with van der Waals surface area (Å²) in [4.78, 5) is 0. The summed E-state index contributed by atoms with van der Waals surface area (Å²) in [5.41, 5.74) is 0. The highest BCUT2D eigenvalue weighted by Crippen LogP contribution is 2.07. The lowest BCUT2D eigenvalue weighted by Crippen LogP contribution is -2.39. The van der Waals surface area contributed by atoms with Crippen LogP contribution in [0.2, 0.25) is 0 Å². The molecule has 0 aliphatic carbocycles. The molecule has 4 heteroatoms. The van der Waals surface area contributed by atoms with Gasteiger partial charge in [-0.2, -0.15) is 0 Å². The van der Waals surface area contributed by atoms with E-state index in [0.29, 0.717) is 6.42 Å². The maximum Gasteiger partial charge on any atom is 0.151 e. The van der Waals surface area contributed by atoms with Crippen molar-refractivity contribution in [3.05, 3.63) is 12.7 Å². The Morgan fingerprint density at radius 1 is 1.58 bits per heavy atom. The largest absolute Gasteiger partial charge is 0.315 e. The molecule has 0 aliphatic heterocycles. The molecular formula is C8H17NO2S. The Morgan fingerprint density at radius 3 is 2.33 bits per heavy atom. The van der Waals surface area contributed by atoms with E-state index < -0.39 is 9.84 Å². The molecule has 2 atom stereocenters. The van der Waals surface area contributed by atoms with Crippen LogP contribution in [0.5, 0.6) is 0 Å². The highest BCUT2D eigenvalue weighted by Gasteiger charge is 2.22. The number of rotatable bonds is 5. The van der Waals surface area contributed by atoms with Crippen LogP contribution in [0.1, 0.15) is 13.3 Å². The van der Waals surface area contributed by atoms with Gasteiger partial charge in [-0.1, -0.05) is 6.08 Å². The van der Waals surface area contributed by atoms with Crippen LogP contribution < -0.4 is 5.32 Å². The van der Waals surface area contributed by atoms with Crippen LogP contribution in [0.15, 0.2) is 12.7 Å². The summed E-state index contributed by atoms with van der Waals surface area (Å²) >= 11 is 0. The Balaban J connectivity index is 4.41. The maximum absolute atomic E-state index is 11.1. The van der Waals surface area contributed by atoms with Crippen molar-refractivity contribution < 1.29 is 8.42 Å². The molecule has 0 spiro atoms. The molecule has 0 aromatic rings. The first-order valence-electron chi connectivity index (χ1n) is 3.90. The lowest BCUT2D eigenvalue weighted by molar-refractivity contribution is 0.522. The molecular weight excluding hydrogens is 174 g/mol. The highest BCUT2D eigenvalue weighted by molar-refractivity contribution is 7.91. The van der Waals surface area contributed by atoms with Gasteiger partial charge in [-0.05, 0) is 20.4 Å². The van der Waals surface area contributed by atoms with Crippen molar-refractivity contribution in [1.82, 2.24) is 5.32 Å². The minimum Gasteiger partial charge on any atom is -0.315 e. The van der Waals surface area contributed by atoms with Gasteiger partial charge in [0.1, 0.15) is 0 Å². The van der Waals surface area contributed by atoms with Crippen molar-refractivity contribution in [3.63, 3.8) is 0 Å². The van der Waals surface area contributed by atoms with E-state index in [0.717, 1.165) is 0 Å². The third-order valence-electron chi connectivity index (χ3n) is 2.03. The summed E-state index contributed by atoms with van der Waals surface area (Å²) in [5.74, 6) is 0. The predicted octanol–water partition coefficient (Wildman–Crippen LogP) is 0.584. The Bertz CT molecular complexity index is 233. The first kappa shape index (κ1) is 11.6. The molecule has 0 aliphatic rings. The monoisotopic (exact) mass is 191 g/mol. The van der Waals surface area contributed by atoms with Crippen molar-refractivity contribution in [1.29, 1.82) is 0 Å². The molecule has 0 aromatic carbocycles. The van der Waals surface area contributed by atoms with Crippen molar-refractivity contribution in [2.24, 2.45) is 0 Å². The van der Waals surface area contributed by atoms with Gasteiger partial charge in [0.2, 0.25) is 0 Å². The second-order valence-electron chi connectivity index (χ2n) is 2.95. The van der Waals surface area contributed by atoms with Gasteiger partial charge in [0.05, 0.1) is 5.25 Å². The van der Waals surface area contributed by atoms with Crippen LogP contribution in [-0.4, -0.2) is 33.0 Å². The van der Waals surface area contributed by atoms with Crippen molar-refractivity contribution in [2.75, 3.05) is 13.3 Å². The maximum atomic E-state index is 11.1. The standard InChI is InChI=1S/C8H17NO2S/c1-5-6-8(9-3)7(2)12(4,10)11/h5,7-9H,1,6H2,2-4H3. The van der Waals surface area contributed by atoms with Gasteiger partial charge in [-0.3, -0.25) is 0 Å². The zero-order valence-electron chi connectivity index (χ0n) is 7.87. The van der Waals surface area contributed by atoms with Gasteiger partial charge in [0, 0.05) is 12.3 Å². The lowest BCUT2D eigenvalue weighted by atomic mass is 10.1. The molecule has 0 heterocycles. The Kier molecular flexibility index (Phi) is 4.49. The van der Waals surface area contributed by atoms with Gasteiger partial charge in [0.25, 0.3) is 0 Å². The normalized spacial score (nSPS) is 16.9. The molecule has 3 nitrogen and oxygen atoms in total. The average molecular weight is 191 g/mol. The van der Waals surface area contributed by atoms with E-state index in [1.54, 1.807) is 20.0 Å². The third kappa shape index (κ3) is 3.36. The zero-order valence-corrected chi connectivity index (χ0v) is 8.69. The van der Waals surface area contributed by atoms with E-state index in [-0.39, 0.29) is 11.3 Å². The SMILES string of the molecule is C=CCC(NC)C(C)S(C)(=O)=O.